The molecule has 1 unspecified atom stereocenters. The Bertz CT molecular complexity index is 585. The van der Waals surface area contributed by atoms with Gasteiger partial charge >= 0.3 is 0 Å². The average molecular weight is 356 g/mol. The van der Waals surface area contributed by atoms with Gasteiger partial charge in [-0.2, -0.15) is 0 Å². The number of benzene rings is 1. The summed E-state index contributed by atoms with van der Waals surface area (Å²) in [5, 5.41) is 0. The predicted octanol–water partition coefficient (Wildman–Crippen LogP) is 5.45. The molecule has 0 heterocycles. The molecule has 2 aliphatic carbocycles. The molecular formula is C23H33NO2. The molecule has 142 valence electrons. The number of rotatable bonds is 6. The van der Waals surface area contributed by atoms with Gasteiger partial charge in [0.25, 0.3) is 0 Å². The second-order valence-corrected chi connectivity index (χ2v) is 8.21. The molecule has 0 radical (unpaired) electrons. The normalized spacial score (nSPS) is 20.5. The Morgan fingerprint density at radius 3 is 2.08 bits per heavy atom. The van der Waals surface area contributed by atoms with Crippen LogP contribution < -0.4 is 0 Å². The quantitative estimate of drug-likeness (QED) is 0.680. The largest absolute Gasteiger partial charge is 0.326 e. The average Bonchev–Trinajstić information content (AvgIpc) is 2.67. The highest BCUT2D eigenvalue weighted by molar-refractivity contribution is 5.90. The number of nitrogens with zero attached hydrogens (tertiary/aromatic N) is 1. The first kappa shape index (κ1) is 19.1. The van der Waals surface area contributed by atoms with E-state index in [0.717, 1.165) is 44.1 Å². The molecule has 3 nitrogen and oxygen atoms in total. The van der Waals surface area contributed by atoms with E-state index < -0.39 is 6.04 Å². The third kappa shape index (κ3) is 4.75. The molecule has 0 aliphatic heterocycles. The Balaban J connectivity index is 1.85. The van der Waals surface area contributed by atoms with Crippen molar-refractivity contribution in [3.05, 3.63) is 35.9 Å². The third-order valence-electron chi connectivity index (χ3n) is 6.24. The van der Waals surface area contributed by atoms with E-state index in [1.165, 1.54) is 25.7 Å². The van der Waals surface area contributed by atoms with E-state index in [9.17, 15) is 9.59 Å². The van der Waals surface area contributed by atoms with Crippen LogP contribution in [0.1, 0.15) is 89.2 Å². The fraction of sp³-hybridized carbons (Fsp3) is 0.652. The minimum absolute atomic E-state index is 0.0442. The lowest BCUT2D eigenvalue weighted by Gasteiger charge is -2.39. The van der Waals surface area contributed by atoms with Gasteiger partial charge in [0.1, 0.15) is 6.04 Å². The Kier molecular flexibility index (Phi) is 6.87. The smallest absolute Gasteiger partial charge is 0.220 e. The molecular weight excluding hydrogens is 322 g/mol. The monoisotopic (exact) mass is 355 g/mol. The second-order valence-electron chi connectivity index (χ2n) is 8.21. The van der Waals surface area contributed by atoms with Crippen molar-refractivity contribution in [1.82, 2.24) is 4.90 Å². The molecule has 2 aliphatic rings. The van der Waals surface area contributed by atoms with E-state index in [0.29, 0.717) is 12.3 Å². The van der Waals surface area contributed by atoms with Gasteiger partial charge in [0, 0.05) is 19.4 Å². The van der Waals surface area contributed by atoms with Crippen LogP contribution in [0.15, 0.2) is 30.3 Å². The molecule has 1 aromatic carbocycles. The van der Waals surface area contributed by atoms with E-state index in [2.05, 4.69) is 0 Å². The SMILES string of the molecule is CC(=O)N(C1CCCCC1)C(C(=O)CC1CCCCC1)c1ccccc1. The highest BCUT2D eigenvalue weighted by Crippen LogP contribution is 2.34. The van der Waals surface area contributed by atoms with Crippen LogP contribution in [0.5, 0.6) is 0 Å². The fourth-order valence-electron chi connectivity index (χ4n) is 4.93. The van der Waals surface area contributed by atoms with Gasteiger partial charge in [-0.25, -0.2) is 0 Å². The zero-order valence-electron chi connectivity index (χ0n) is 16.2. The summed E-state index contributed by atoms with van der Waals surface area (Å²) >= 11 is 0. The van der Waals surface area contributed by atoms with Crippen molar-refractivity contribution >= 4 is 11.7 Å². The summed E-state index contributed by atoms with van der Waals surface area (Å²) in [5.74, 6) is 0.786. The van der Waals surface area contributed by atoms with Gasteiger partial charge in [-0.1, -0.05) is 81.7 Å². The zero-order valence-corrected chi connectivity index (χ0v) is 16.2. The fourth-order valence-corrected chi connectivity index (χ4v) is 4.93. The van der Waals surface area contributed by atoms with E-state index in [1.54, 1.807) is 6.92 Å². The van der Waals surface area contributed by atoms with Crippen molar-refractivity contribution < 1.29 is 9.59 Å². The number of ketones is 1. The van der Waals surface area contributed by atoms with Gasteiger partial charge in [0.2, 0.25) is 5.91 Å². The van der Waals surface area contributed by atoms with Crippen LogP contribution in [0, 0.1) is 5.92 Å². The lowest BCUT2D eigenvalue weighted by atomic mass is 9.83. The van der Waals surface area contributed by atoms with Crippen LogP contribution in [-0.2, 0) is 9.59 Å². The molecule has 1 aromatic rings. The molecule has 0 saturated heterocycles. The minimum atomic E-state index is -0.404. The van der Waals surface area contributed by atoms with Crippen molar-refractivity contribution in [1.29, 1.82) is 0 Å². The van der Waals surface area contributed by atoms with Gasteiger partial charge in [0.05, 0.1) is 0 Å². The first-order valence-electron chi connectivity index (χ1n) is 10.5. The van der Waals surface area contributed by atoms with E-state index in [1.807, 2.05) is 35.2 Å². The van der Waals surface area contributed by atoms with Gasteiger partial charge in [-0.05, 0) is 24.3 Å². The van der Waals surface area contributed by atoms with Crippen LogP contribution in [0.25, 0.3) is 0 Å². The standard InChI is InChI=1S/C23H33NO2/c1-18(25)24(21-15-9-4-10-16-21)23(20-13-7-3-8-14-20)22(26)17-19-11-5-2-6-12-19/h3,7-8,13-14,19,21,23H,2,4-6,9-12,15-17H2,1H3. The third-order valence-corrected chi connectivity index (χ3v) is 6.24. The van der Waals surface area contributed by atoms with Crippen LogP contribution in [0.3, 0.4) is 0 Å². The summed E-state index contributed by atoms with van der Waals surface area (Å²) in [6.45, 7) is 1.64. The van der Waals surface area contributed by atoms with Crippen LogP contribution >= 0.6 is 0 Å². The molecule has 0 bridgehead atoms. The predicted molar refractivity (Wildman–Crippen MR) is 105 cm³/mol. The maximum Gasteiger partial charge on any atom is 0.220 e. The summed E-state index contributed by atoms with van der Waals surface area (Å²) in [6.07, 6.45) is 12.4. The summed E-state index contributed by atoms with van der Waals surface area (Å²) in [4.78, 5) is 28.0. The number of carbonyl (C=O) groups excluding carboxylic acids is 2. The molecule has 26 heavy (non-hydrogen) atoms. The van der Waals surface area contributed by atoms with Crippen LogP contribution in [0.2, 0.25) is 0 Å². The van der Waals surface area contributed by atoms with E-state index >= 15 is 0 Å². The van der Waals surface area contributed by atoms with Gasteiger partial charge in [0.15, 0.2) is 5.78 Å². The molecule has 1 amide bonds. The first-order chi connectivity index (χ1) is 12.7. The van der Waals surface area contributed by atoms with Crippen LogP contribution in [-0.4, -0.2) is 22.6 Å². The number of hydrogen-bond donors (Lipinski definition) is 0. The summed E-state index contributed by atoms with van der Waals surface area (Å²) < 4.78 is 0. The lowest BCUT2D eigenvalue weighted by molar-refractivity contribution is -0.142. The topological polar surface area (TPSA) is 37.4 Å². The number of amides is 1. The van der Waals surface area contributed by atoms with Gasteiger partial charge < -0.3 is 4.90 Å². The molecule has 2 fully saturated rings. The van der Waals surface area contributed by atoms with Crippen molar-refractivity contribution in [3.63, 3.8) is 0 Å². The lowest BCUT2D eigenvalue weighted by Crippen LogP contribution is -2.46. The maximum atomic E-state index is 13.4. The minimum Gasteiger partial charge on any atom is -0.326 e. The van der Waals surface area contributed by atoms with E-state index in [-0.39, 0.29) is 17.7 Å². The summed E-state index contributed by atoms with van der Waals surface area (Å²) in [5.41, 5.74) is 0.981. The van der Waals surface area contributed by atoms with Crippen molar-refractivity contribution in [3.8, 4) is 0 Å². The molecule has 3 rings (SSSR count). The number of hydrogen-bond acceptors (Lipinski definition) is 2. The number of Topliss-reactive ketones (excluding diaryl/α,β-unsaturated/α-hetero) is 1. The zero-order chi connectivity index (χ0) is 18.4. The molecule has 1 atom stereocenters. The summed E-state index contributed by atoms with van der Waals surface area (Å²) in [6, 6.07) is 9.78. The summed E-state index contributed by atoms with van der Waals surface area (Å²) in [7, 11) is 0. The maximum absolute atomic E-state index is 13.4. The van der Waals surface area contributed by atoms with E-state index in [4.69, 9.17) is 0 Å². The first-order valence-corrected chi connectivity index (χ1v) is 10.5. The molecule has 2 saturated carbocycles. The molecule has 3 heteroatoms. The number of carbonyl (C=O) groups is 2. The molecule has 0 N–H and O–H groups in total. The Morgan fingerprint density at radius 2 is 1.50 bits per heavy atom. The Hall–Kier alpha value is -1.64. The van der Waals surface area contributed by atoms with Gasteiger partial charge in [-0.15, -0.1) is 0 Å². The second kappa shape index (κ2) is 9.34. The highest BCUT2D eigenvalue weighted by Gasteiger charge is 2.35. The van der Waals surface area contributed by atoms with Gasteiger partial charge in [-0.3, -0.25) is 9.59 Å². The Labute approximate surface area is 158 Å². The van der Waals surface area contributed by atoms with Crippen molar-refractivity contribution in [2.75, 3.05) is 0 Å². The van der Waals surface area contributed by atoms with Crippen molar-refractivity contribution in [2.24, 2.45) is 5.92 Å². The van der Waals surface area contributed by atoms with Crippen LogP contribution in [0.4, 0.5) is 0 Å². The molecule has 0 spiro atoms. The Morgan fingerprint density at radius 1 is 0.923 bits per heavy atom. The molecule has 0 aromatic heterocycles. The highest BCUT2D eigenvalue weighted by atomic mass is 16.2. The van der Waals surface area contributed by atoms with Crippen molar-refractivity contribution in [2.45, 2.75) is 89.6 Å².